The van der Waals surface area contributed by atoms with Crippen LogP contribution < -0.4 is 5.73 Å². The van der Waals surface area contributed by atoms with Gasteiger partial charge in [0, 0.05) is 11.6 Å². The Morgan fingerprint density at radius 3 is 2.20 bits per heavy atom. The predicted octanol–water partition coefficient (Wildman–Crippen LogP) is 0.750. The molecule has 1 aliphatic heterocycles. The van der Waals surface area contributed by atoms with E-state index in [1.807, 2.05) is 0 Å². The highest BCUT2D eigenvalue weighted by molar-refractivity contribution is 5.10. The zero-order chi connectivity index (χ0) is 11.1. The van der Waals surface area contributed by atoms with E-state index >= 15 is 0 Å². The van der Waals surface area contributed by atoms with Crippen molar-refractivity contribution < 1.29 is 0 Å². The molecule has 1 saturated heterocycles. The van der Waals surface area contributed by atoms with Crippen LogP contribution >= 0.6 is 0 Å². The Hall–Kier alpha value is -0.120. The van der Waals surface area contributed by atoms with Gasteiger partial charge in [0.1, 0.15) is 0 Å². The summed E-state index contributed by atoms with van der Waals surface area (Å²) < 4.78 is 0. The van der Waals surface area contributed by atoms with E-state index in [2.05, 4.69) is 30.9 Å². The van der Waals surface area contributed by atoms with Crippen molar-refractivity contribution in [3.8, 4) is 0 Å². The molecule has 2 aliphatic rings. The topological polar surface area (TPSA) is 32.5 Å². The maximum absolute atomic E-state index is 6.40. The number of likely N-dealkylation sites (N-methyl/N-ethyl adjacent to an activating group) is 1. The fraction of sp³-hybridized carbons (Fsp3) is 1.00. The number of nitrogens with zero attached hydrogens (tertiary/aromatic N) is 2. The van der Waals surface area contributed by atoms with Gasteiger partial charge in [0.15, 0.2) is 0 Å². The number of likely N-dealkylation sites (tertiary alicyclic amines) is 1. The first kappa shape index (κ1) is 11.4. The van der Waals surface area contributed by atoms with Crippen LogP contribution in [0.15, 0.2) is 0 Å². The third-order valence-electron chi connectivity index (χ3n) is 4.18. The monoisotopic (exact) mass is 211 g/mol. The number of piperidine rings is 1. The Morgan fingerprint density at radius 1 is 1.27 bits per heavy atom. The summed E-state index contributed by atoms with van der Waals surface area (Å²) in [7, 11) is 6.60. The molecule has 1 unspecified atom stereocenters. The number of hydrogen-bond donors (Lipinski definition) is 1. The lowest BCUT2D eigenvalue weighted by atomic mass is 9.83. The molecule has 1 aliphatic carbocycles. The second-order valence-electron chi connectivity index (χ2n) is 5.78. The van der Waals surface area contributed by atoms with Crippen LogP contribution in [0.25, 0.3) is 0 Å². The molecule has 0 radical (unpaired) electrons. The number of nitrogens with two attached hydrogens (primary N) is 1. The van der Waals surface area contributed by atoms with Gasteiger partial charge in [-0.3, -0.25) is 0 Å². The molecular weight excluding hydrogens is 186 g/mol. The van der Waals surface area contributed by atoms with Crippen molar-refractivity contribution in [2.45, 2.75) is 37.3 Å². The third kappa shape index (κ3) is 2.35. The lowest BCUT2D eigenvalue weighted by Gasteiger charge is -2.41. The Kier molecular flexibility index (Phi) is 3.06. The summed E-state index contributed by atoms with van der Waals surface area (Å²) in [6.07, 6.45) is 5.08. The van der Waals surface area contributed by atoms with Crippen molar-refractivity contribution >= 4 is 0 Å². The zero-order valence-corrected chi connectivity index (χ0v) is 10.4. The summed E-state index contributed by atoms with van der Waals surface area (Å²) >= 11 is 0. The van der Waals surface area contributed by atoms with Crippen LogP contribution in [0.5, 0.6) is 0 Å². The molecule has 1 atom stereocenters. The molecule has 88 valence electrons. The van der Waals surface area contributed by atoms with Crippen LogP contribution in [-0.4, -0.2) is 55.6 Å². The summed E-state index contributed by atoms with van der Waals surface area (Å²) in [5, 5.41) is 0. The molecule has 15 heavy (non-hydrogen) atoms. The molecule has 0 aromatic carbocycles. The van der Waals surface area contributed by atoms with E-state index in [1.54, 1.807) is 0 Å². The van der Waals surface area contributed by atoms with Gasteiger partial charge in [0.25, 0.3) is 0 Å². The third-order valence-corrected chi connectivity index (χ3v) is 4.18. The van der Waals surface area contributed by atoms with Crippen molar-refractivity contribution in [2.75, 3.05) is 34.2 Å². The smallest absolute Gasteiger partial charge is 0.0316 e. The second kappa shape index (κ2) is 4.04. The van der Waals surface area contributed by atoms with Crippen LogP contribution in [0.1, 0.15) is 25.7 Å². The lowest BCUT2D eigenvalue weighted by Crippen LogP contribution is -2.53. The Bertz CT molecular complexity index is 215. The van der Waals surface area contributed by atoms with Crippen LogP contribution in [0.4, 0.5) is 0 Å². The van der Waals surface area contributed by atoms with Crippen molar-refractivity contribution in [1.29, 1.82) is 0 Å². The molecule has 2 N–H and O–H groups in total. The van der Waals surface area contributed by atoms with Gasteiger partial charge in [-0.2, -0.15) is 0 Å². The average Bonchev–Trinajstić information content (AvgIpc) is 2.88. The summed E-state index contributed by atoms with van der Waals surface area (Å²) in [4.78, 5) is 4.79. The quantitative estimate of drug-likeness (QED) is 0.748. The SMILES string of the molecule is CN1CCC(C(N(C)C)C2(N)CC2)CC1. The van der Waals surface area contributed by atoms with Gasteiger partial charge in [-0.1, -0.05) is 0 Å². The largest absolute Gasteiger partial charge is 0.324 e. The van der Waals surface area contributed by atoms with E-state index < -0.39 is 0 Å². The van der Waals surface area contributed by atoms with Gasteiger partial charge >= 0.3 is 0 Å². The minimum absolute atomic E-state index is 0.143. The maximum Gasteiger partial charge on any atom is 0.0316 e. The zero-order valence-electron chi connectivity index (χ0n) is 10.4. The minimum atomic E-state index is 0.143. The van der Waals surface area contributed by atoms with Gasteiger partial charge in [-0.15, -0.1) is 0 Å². The van der Waals surface area contributed by atoms with Crippen molar-refractivity contribution in [2.24, 2.45) is 11.7 Å². The van der Waals surface area contributed by atoms with E-state index in [9.17, 15) is 0 Å². The minimum Gasteiger partial charge on any atom is -0.324 e. The van der Waals surface area contributed by atoms with Crippen LogP contribution in [0.2, 0.25) is 0 Å². The highest BCUT2D eigenvalue weighted by Gasteiger charge is 2.49. The van der Waals surface area contributed by atoms with Crippen LogP contribution in [-0.2, 0) is 0 Å². The molecule has 1 heterocycles. The molecule has 3 nitrogen and oxygen atoms in total. The molecule has 0 aromatic heterocycles. The van der Waals surface area contributed by atoms with Gasteiger partial charge < -0.3 is 15.5 Å². The first-order valence-corrected chi connectivity index (χ1v) is 6.17. The molecule has 0 amide bonds. The van der Waals surface area contributed by atoms with Crippen LogP contribution in [0.3, 0.4) is 0 Å². The van der Waals surface area contributed by atoms with Crippen LogP contribution in [0, 0.1) is 5.92 Å². The highest BCUT2D eigenvalue weighted by atomic mass is 15.2. The Balaban J connectivity index is 1.99. The van der Waals surface area contributed by atoms with Gasteiger partial charge in [-0.05, 0) is 65.8 Å². The van der Waals surface area contributed by atoms with Gasteiger partial charge in [-0.25, -0.2) is 0 Å². The van der Waals surface area contributed by atoms with Gasteiger partial charge in [0.05, 0.1) is 0 Å². The summed E-state index contributed by atoms with van der Waals surface area (Å²) in [5.41, 5.74) is 6.54. The highest BCUT2D eigenvalue weighted by Crippen LogP contribution is 2.42. The van der Waals surface area contributed by atoms with Crippen molar-refractivity contribution in [3.63, 3.8) is 0 Å². The summed E-state index contributed by atoms with van der Waals surface area (Å²) in [6, 6.07) is 0.603. The average molecular weight is 211 g/mol. The standard InChI is InChI=1S/C12H25N3/c1-14(2)11(12(13)6-7-12)10-4-8-15(3)9-5-10/h10-11H,4-9,13H2,1-3H3. The Morgan fingerprint density at radius 2 is 1.80 bits per heavy atom. The van der Waals surface area contributed by atoms with Crippen molar-refractivity contribution in [1.82, 2.24) is 9.80 Å². The first-order valence-electron chi connectivity index (χ1n) is 6.17. The normalized spacial score (nSPS) is 29.4. The van der Waals surface area contributed by atoms with Crippen molar-refractivity contribution in [3.05, 3.63) is 0 Å². The molecular formula is C12H25N3. The maximum atomic E-state index is 6.40. The molecule has 2 rings (SSSR count). The molecule has 0 aromatic rings. The lowest BCUT2D eigenvalue weighted by molar-refractivity contribution is 0.107. The van der Waals surface area contributed by atoms with E-state index in [-0.39, 0.29) is 5.54 Å². The summed E-state index contributed by atoms with van der Waals surface area (Å²) in [6.45, 7) is 2.48. The number of hydrogen-bond acceptors (Lipinski definition) is 3. The molecule has 0 bridgehead atoms. The summed E-state index contributed by atoms with van der Waals surface area (Å²) in [5.74, 6) is 0.809. The Labute approximate surface area is 93.6 Å². The van der Waals surface area contributed by atoms with Gasteiger partial charge in [0.2, 0.25) is 0 Å². The van der Waals surface area contributed by atoms with E-state index in [4.69, 9.17) is 5.73 Å². The van der Waals surface area contributed by atoms with E-state index in [0.29, 0.717) is 6.04 Å². The fourth-order valence-corrected chi connectivity index (χ4v) is 3.19. The fourth-order valence-electron chi connectivity index (χ4n) is 3.19. The second-order valence-corrected chi connectivity index (χ2v) is 5.78. The first-order chi connectivity index (χ1) is 7.03. The molecule has 1 saturated carbocycles. The molecule has 0 spiro atoms. The molecule has 2 fully saturated rings. The van der Waals surface area contributed by atoms with E-state index in [1.165, 1.54) is 38.8 Å². The molecule has 3 heteroatoms. The number of rotatable bonds is 3. The van der Waals surface area contributed by atoms with E-state index in [0.717, 1.165) is 5.92 Å². The predicted molar refractivity (Wildman–Crippen MR) is 63.8 cm³/mol.